The summed E-state index contributed by atoms with van der Waals surface area (Å²) in [5, 5.41) is 8.06. The van der Waals surface area contributed by atoms with Gasteiger partial charge in [-0.15, -0.1) is 0 Å². The van der Waals surface area contributed by atoms with Crippen molar-refractivity contribution in [1.82, 2.24) is 5.32 Å². The molecule has 13 heavy (non-hydrogen) atoms. The number of hydrogen-bond donors (Lipinski definition) is 1. The number of thiophene rings is 1. The summed E-state index contributed by atoms with van der Waals surface area (Å²) >= 11 is 1.82. The van der Waals surface area contributed by atoms with Crippen molar-refractivity contribution in [3.8, 4) is 0 Å². The van der Waals surface area contributed by atoms with E-state index >= 15 is 0 Å². The lowest BCUT2D eigenvalue weighted by Gasteiger charge is -2.32. The smallest absolute Gasteiger partial charge is 0.00470 e. The highest BCUT2D eigenvalue weighted by Crippen LogP contribution is 2.31. The fourth-order valence-corrected chi connectivity index (χ4v) is 3.09. The van der Waals surface area contributed by atoms with Crippen LogP contribution in [0.25, 0.3) is 0 Å². The molecule has 0 radical (unpaired) electrons. The van der Waals surface area contributed by atoms with Crippen molar-refractivity contribution in [3.05, 3.63) is 22.4 Å². The van der Waals surface area contributed by atoms with Crippen LogP contribution in [-0.4, -0.2) is 12.1 Å². The molecule has 1 aromatic rings. The van der Waals surface area contributed by atoms with Crippen LogP contribution >= 0.6 is 11.3 Å². The van der Waals surface area contributed by atoms with Gasteiger partial charge in [-0.05, 0) is 55.0 Å². The Balaban J connectivity index is 2.07. The van der Waals surface area contributed by atoms with Crippen molar-refractivity contribution in [2.24, 2.45) is 0 Å². The summed E-state index contributed by atoms with van der Waals surface area (Å²) in [5.74, 6) is 0.789. The first-order valence-corrected chi connectivity index (χ1v) is 5.98. The molecule has 1 fully saturated rings. The summed E-state index contributed by atoms with van der Waals surface area (Å²) < 4.78 is 0. The Bertz CT molecular complexity index is 245. The predicted molar refractivity (Wildman–Crippen MR) is 58.4 cm³/mol. The van der Waals surface area contributed by atoms with Gasteiger partial charge in [-0.1, -0.05) is 0 Å². The van der Waals surface area contributed by atoms with Crippen LogP contribution in [0.2, 0.25) is 0 Å². The maximum atomic E-state index is 3.57. The molecule has 2 heteroatoms. The highest BCUT2D eigenvalue weighted by atomic mass is 32.1. The molecule has 2 heterocycles. The summed E-state index contributed by atoms with van der Waals surface area (Å²) in [6, 6.07) is 3.63. The molecule has 0 amide bonds. The van der Waals surface area contributed by atoms with Gasteiger partial charge in [-0.2, -0.15) is 11.3 Å². The fourth-order valence-electron chi connectivity index (χ4n) is 2.35. The molecule has 2 atom stereocenters. The molecular weight excluding hydrogens is 178 g/mol. The van der Waals surface area contributed by atoms with Gasteiger partial charge < -0.3 is 5.32 Å². The number of piperidine rings is 1. The van der Waals surface area contributed by atoms with E-state index in [1.54, 1.807) is 5.56 Å². The second-order valence-electron chi connectivity index (χ2n) is 4.19. The molecule has 1 aromatic heterocycles. The zero-order valence-electron chi connectivity index (χ0n) is 8.29. The average Bonchev–Trinajstić information content (AvgIpc) is 2.53. The van der Waals surface area contributed by atoms with E-state index in [2.05, 4.69) is 36.0 Å². The maximum Gasteiger partial charge on any atom is 0.00470 e. The summed E-state index contributed by atoms with van der Waals surface area (Å²) in [6.07, 6.45) is 2.59. The molecule has 1 nitrogen and oxygen atoms in total. The third kappa shape index (κ3) is 2.12. The van der Waals surface area contributed by atoms with Gasteiger partial charge in [0.05, 0.1) is 0 Å². The number of hydrogen-bond acceptors (Lipinski definition) is 2. The summed E-state index contributed by atoms with van der Waals surface area (Å²) in [7, 11) is 0. The number of rotatable bonds is 1. The summed E-state index contributed by atoms with van der Waals surface area (Å²) in [6.45, 7) is 4.57. The lowest BCUT2D eigenvalue weighted by Crippen LogP contribution is -2.41. The standard InChI is InChI=1S/C11H17NS/c1-8-5-11(6-9(2)12-8)10-3-4-13-7-10/h3-4,7-9,11-12H,5-6H2,1-2H3. The van der Waals surface area contributed by atoms with Crippen LogP contribution in [-0.2, 0) is 0 Å². The minimum Gasteiger partial charge on any atom is -0.312 e. The maximum absolute atomic E-state index is 3.57. The van der Waals surface area contributed by atoms with E-state index in [0.717, 1.165) is 5.92 Å². The highest BCUT2D eigenvalue weighted by Gasteiger charge is 2.24. The van der Waals surface area contributed by atoms with Crippen LogP contribution in [0.4, 0.5) is 0 Å². The lowest BCUT2D eigenvalue weighted by atomic mass is 9.85. The largest absolute Gasteiger partial charge is 0.312 e. The summed E-state index contributed by atoms with van der Waals surface area (Å²) in [5.41, 5.74) is 1.55. The third-order valence-corrected chi connectivity index (χ3v) is 3.56. The molecule has 0 aliphatic carbocycles. The van der Waals surface area contributed by atoms with Crippen molar-refractivity contribution in [2.75, 3.05) is 0 Å². The molecule has 0 saturated carbocycles. The van der Waals surface area contributed by atoms with Gasteiger partial charge in [0.15, 0.2) is 0 Å². The second-order valence-corrected chi connectivity index (χ2v) is 4.97. The second kappa shape index (κ2) is 3.81. The van der Waals surface area contributed by atoms with E-state index in [1.165, 1.54) is 12.8 Å². The normalized spacial score (nSPS) is 34.8. The van der Waals surface area contributed by atoms with Crippen molar-refractivity contribution >= 4 is 11.3 Å². The van der Waals surface area contributed by atoms with E-state index < -0.39 is 0 Å². The molecule has 1 saturated heterocycles. The van der Waals surface area contributed by atoms with Crippen LogP contribution < -0.4 is 5.32 Å². The van der Waals surface area contributed by atoms with Gasteiger partial charge in [-0.25, -0.2) is 0 Å². The molecule has 1 N–H and O–H groups in total. The van der Waals surface area contributed by atoms with Crippen LogP contribution in [0.3, 0.4) is 0 Å². The topological polar surface area (TPSA) is 12.0 Å². The SMILES string of the molecule is CC1CC(c2ccsc2)CC(C)N1. The summed E-state index contributed by atoms with van der Waals surface area (Å²) in [4.78, 5) is 0. The molecule has 0 aromatic carbocycles. The Morgan fingerprint density at radius 3 is 2.54 bits per heavy atom. The van der Waals surface area contributed by atoms with Gasteiger partial charge in [0.25, 0.3) is 0 Å². The van der Waals surface area contributed by atoms with E-state index in [-0.39, 0.29) is 0 Å². The van der Waals surface area contributed by atoms with E-state index in [1.807, 2.05) is 11.3 Å². The first kappa shape index (κ1) is 9.22. The molecule has 0 spiro atoms. The molecular formula is C11H17NS. The van der Waals surface area contributed by atoms with E-state index in [9.17, 15) is 0 Å². The zero-order chi connectivity index (χ0) is 9.26. The first-order chi connectivity index (χ1) is 6.25. The van der Waals surface area contributed by atoms with Crippen molar-refractivity contribution in [3.63, 3.8) is 0 Å². The van der Waals surface area contributed by atoms with Crippen LogP contribution in [0.1, 0.15) is 38.2 Å². The Morgan fingerprint density at radius 1 is 1.31 bits per heavy atom. The quantitative estimate of drug-likeness (QED) is 0.726. The fraction of sp³-hybridized carbons (Fsp3) is 0.636. The van der Waals surface area contributed by atoms with Gasteiger partial charge in [0, 0.05) is 12.1 Å². The zero-order valence-corrected chi connectivity index (χ0v) is 9.10. The Kier molecular flexibility index (Phi) is 2.70. The average molecular weight is 195 g/mol. The van der Waals surface area contributed by atoms with Gasteiger partial charge in [-0.3, -0.25) is 0 Å². The van der Waals surface area contributed by atoms with Crippen LogP contribution in [0.15, 0.2) is 16.8 Å². The number of nitrogens with one attached hydrogen (secondary N) is 1. The minimum atomic E-state index is 0.675. The van der Waals surface area contributed by atoms with E-state index in [0.29, 0.717) is 12.1 Å². The Morgan fingerprint density at radius 2 is 2.00 bits per heavy atom. The molecule has 2 rings (SSSR count). The molecule has 2 unspecified atom stereocenters. The Labute approximate surface area is 84.2 Å². The van der Waals surface area contributed by atoms with Crippen LogP contribution in [0, 0.1) is 0 Å². The van der Waals surface area contributed by atoms with Crippen LogP contribution in [0.5, 0.6) is 0 Å². The molecule has 1 aliphatic heterocycles. The lowest BCUT2D eigenvalue weighted by molar-refractivity contribution is 0.317. The monoisotopic (exact) mass is 195 g/mol. The van der Waals surface area contributed by atoms with Gasteiger partial charge >= 0.3 is 0 Å². The molecule has 0 bridgehead atoms. The predicted octanol–water partition coefficient (Wildman–Crippen LogP) is 2.99. The first-order valence-electron chi connectivity index (χ1n) is 5.04. The molecule has 72 valence electrons. The highest BCUT2D eigenvalue weighted by molar-refractivity contribution is 7.07. The van der Waals surface area contributed by atoms with Crippen molar-refractivity contribution in [1.29, 1.82) is 0 Å². The van der Waals surface area contributed by atoms with Gasteiger partial charge in [0.2, 0.25) is 0 Å². The minimum absolute atomic E-state index is 0.675. The van der Waals surface area contributed by atoms with Crippen molar-refractivity contribution in [2.45, 2.75) is 44.7 Å². The van der Waals surface area contributed by atoms with Gasteiger partial charge in [0.1, 0.15) is 0 Å². The Hall–Kier alpha value is -0.340. The van der Waals surface area contributed by atoms with E-state index in [4.69, 9.17) is 0 Å². The molecule has 1 aliphatic rings. The van der Waals surface area contributed by atoms with Crippen molar-refractivity contribution < 1.29 is 0 Å². The third-order valence-electron chi connectivity index (χ3n) is 2.86.